The molecule has 1 saturated heterocycles. The first kappa shape index (κ1) is 21.1. The van der Waals surface area contributed by atoms with Crippen LogP contribution in [0.2, 0.25) is 5.15 Å². The number of fused-ring (bicyclic) bond motifs is 1. The minimum Gasteiger partial charge on any atom is -0.476 e. The molecular weight excluding hydrogens is 418 g/mol. The zero-order valence-electron chi connectivity index (χ0n) is 17.4. The van der Waals surface area contributed by atoms with Crippen LogP contribution in [0.4, 0.5) is 11.5 Å². The fraction of sp³-hybridized carbons (Fsp3) is 0.364. The van der Waals surface area contributed by atoms with Gasteiger partial charge in [0.1, 0.15) is 16.6 Å². The summed E-state index contributed by atoms with van der Waals surface area (Å²) in [5.41, 5.74) is 2.30. The molecule has 0 aromatic carbocycles. The fourth-order valence-electron chi connectivity index (χ4n) is 3.99. The van der Waals surface area contributed by atoms with Crippen molar-refractivity contribution in [3.05, 3.63) is 62.8 Å². The first-order valence-electron chi connectivity index (χ1n) is 10.3. The molecule has 162 valence electrons. The van der Waals surface area contributed by atoms with Crippen molar-refractivity contribution in [2.45, 2.75) is 39.2 Å². The smallest absolute Gasteiger partial charge is 0.356 e. The van der Waals surface area contributed by atoms with Gasteiger partial charge in [-0.2, -0.15) is 0 Å². The van der Waals surface area contributed by atoms with Crippen molar-refractivity contribution in [3.63, 3.8) is 0 Å². The lowest BCUT2D eigenvalue weighted by Crippen LogP contribution is -2.32. The van der Waals surface area contributed by atoms with Gasteiger partial charge in [-0.05, 0) is 56.9 Å². The van der Waals surface area contributed by atoms with Crippen molar-refractivity contribution in [1.29, 1.82) is 0 Å². The molecule has 0 radical (unpaired) electrons. The Morgan fingerprint density at radius 2 is 1.94 bits per heavy atom. The van der Waals surface area contributed by atoms with E-state index in [1.54, 1.807) is 22.7 Å². The maximum Gasteiger partial charge on any atom is 0.356 e. The maximum absolute atomic E-state index is 12.9. The molecule has 8 nitrogen and oxygen atoms in total. The predicted octanol–water partition coefficient (Wildman–Crippen LogP) is 3.91. The number of carbonyl (C=O) groups is 1. The van der Waals surface area contributed by atoms with Crippen LogP contribution >= 0.6 is 11.6 Å². The lowest BCUT2D eigenvalue weighted by molar-refractivity contribution is 0.0691. The van der Waals surface area contributed by atoms with Gasteiger partial charge < -0.3 is 15.3 Å². The summed E-state index contributed by atoms with van der Waals surface area (Å²) in [6.45, 7) is 5.58. The van der Waals surface area contributed by atoms with E-state index in [0.29, 0.717) is 17.2 Å². The molecule has 1 unspecified atom stereocenters. The van der Waals surface area contributed by atoms with Crippen LogP contribution < -0.4 is 15.8 Å². The van der Waals surface area contributed by atoms with E-state index in [4.69, 9.17) is 16.6 Å². The van der Waals surface area contributed by atoms with E-state index >= 15 is 0 Å². The van der Waals surface area contributed by atoms with Crippen LogP contribution in [-0.4, -0.2) is 38.5 Å². The average Bonchev–Trinajstić information content (AvgIpc) is 2.75. The number of nitrogens with one attached hydrogen (secondary N) is 1. The fourth-order valence-corrected chi connectivity index (χ4v) is 4.14. The predicted molar refractivity (Wildman–Crippen MR) is 121 cm³/mol. The van der Waals surface area contributed by atoms with Gasteiger partial charge in [0, 0.05) is 30.9 Å². The third-order valence-corrected chi connectivity index (χ3v) is 5.71. The van der Waals surface area contributed by atoms with Crippen LogP contribution in [0, 0.1) is 6.92 Å². The lowest BCUT2D eigenvalue weighted by Gasteiger charge is -2.28. The van der Waals surface area contributed by atoms with E-state index < -0.39 is 5.97 Å². The number of aromatic carboxylic acids is 1. The number of aromatic nitrogens is 3. The highest BCUT2D eigenvalue weighted by Gasteiger charge is 2.20. The van der Waals surface area contributed by atoms with Gasteiger partial charge in [-0.15, -0.1) is 0 Å². The molecular formula is C22H24ClN5O3. The Labute approximate surface area is 184 Å². The van der Waals surface area contributed by atoms with Gasteiger partial charge in [0.15, 0.2) is 5.69 Å². The van der Waals surface area contributed by atoms with Gasteiger partial charge in [-0.3, -0.25) is 9.20 Å². The molecule has 4 rings (SSSR count). The lowest BCUT2D eigenvalue weighted by atomic mass is 10.1. The van der Waals surface area contributed by atoms with Crippen molar-refractivity contribution >= 4 is 34.7 Å². The number of hydrogen-bond acceptors (Lipinski definition) is 6. The third kappa shape index (κ3) is 4.34. The average molecular weight is 442 g/mol. The molecule has 4 heterocycles. The second-order valence-electron chi connectivity index (χ2n) is 7.87. The van der Waals surface area contributed by atoms with Crippen LogP contribution in [0.3, 0.4) is 0 Å². The number of pyridine rings is 2. The molecule has 0 saturated carbocycles. The van der Waals surface area contributed by atoms with Crippen LogP contribution in [0.25, 0.3) is 5.65 Å². The summed E-state index contributed by atoms with van der Waals surface area (Å²) < 4.78 is 1.55. The summed E-state index contributed by atoms with van der Waals surface area (Å²) in [6, 6.07) is 6.34. The number of nitrogens with zero attached hydrogens (tertiary/aromatic N) is 4. The largest absolute Gasteiger partial charge is 0.476 e. The first-order chi connectivity index (χ1) is 14.8. The van der Waals surface area contributed by atoms with Gasteiger partial charge >= 0.3 is 5.97 Å². The number of carboxylic acids is 1. The van der Waals surface area contributed by atoms with Gasteiger partial charge in [0.25, 0.3) is 5.56 Å². The minimum atomic E-state index is -1.17. The molecule has 9 heteroatoms. The number of aryl methyl sites for hydroxylation is 1. The molecule has 0 amide bonds. The Bertz CT molecular complexity index is 1200. The molecule has 1 fully saturated rings. The first-order valence-corrected chi connectivity index (χ1v) is 10.7. The summed E-state index contributed by atoms with van der Waals surface area (Å²) in [7, 11) is 0. The second kappa shape index (κ2) is 8.55. The molecule has 31 heavy (non-hydrogen) atoms. The molecule has 1 aliphatic heterocycles. The standard InChI is InChI=1S/C22H24ClN5O3/c1-13-10-15(14(2)24-16-6-7-17(23)25-20(16)22(30)31)21-26-18(11-19(29)28(21)12-13)27-8-4-3-5-9-27/h6-7,10-12,14,24H,3-5,8-9H2,1-2H3,(H,30,31). The number of carboxylic acid groups (broad SMARTS) is 1. The van der Waals surface area contributed by atoms with Crippen molar-refractivity contribution in [1.82, 2.24) is 14.4 Å². The molecule has 3 aromatic heterocycles. The van der Waals surface area contributed by atoms with Crippen LogP contribution in [0.15, 0.2) is 35.3 Å². The highest BCUT2D eigenvalue weighted by Crippen LogP contribution is 2.27. The molecule has 0 aliphatic carbocycles. The number of piperidine rings is 1. The summed E-state index contributed by atoms with van der Waals surface area (Å²) >= 11 is 5.87. The van der Waals surface area contributed by atoms with E-state index in [9.17, 15) is 14.7 Å². The highest BCUT2D eigenvalue weighted by atomic mass is 35.5. The van der Waals surface area contributed by atoms with Crippen LogP contribution in [0.1, 0.15) is 53.8 Å². The quantitative estimate of drug-likeness (QED) is 0.579. The number of halogens is 1. The zero-order chi connectivity index (χ0) is 22.1. The Morgan fingerprint density at radius 1 is 1.19 bits per heavy atom. The van der Waals surface area contributed by atoms with E-state index in [1.807, 2.05) is 19.9 Å². The van der Waals surface area contributed by atoms with E-state index in [0.717, 1.165) is 37.1 Å². The zero-order valence-corrected chi connectivity index (χ0v) is 18.2. The van der Waals surface area contributed by atoms with Gasteiger partial charge in [0.2, 0.25) is 0 Å². The SMILES string of the molecule is Cc1cc(C(C)Nc2ccc(Cl)nc2C(=O)O)c2nc(N3CCCCC3)cc(=O)n2c1. The van der Waals surface area contributed by atoms with Crippen molar-refractivity contribution in [2.75, 3.05) is 23.3 Å². The van der Waals surface area contributed by atoms with Gasteiger partial charge in [0.05, 0.1) is 11.7 Å². The summed E-state index contributed by atoms with van der Waals surface area (Å²) in [5.74, 6) is -0.491. The molecule has 3 aromatic rings. The molecule has 0 spiro atoms. The molecule has 1 atom stereocenters. The normalized spacial score (nSPS) is 15.1. The Hall–Kier alpha value is -3.13. The molecule has 2 N–H and O–H groups in total. The minimum absolute atomic E-state index is 0.107. The van der Waals surface area contributed by atoms with Crippen molar-refractivity contribution in [3.8, 4) is 0 Å². The van der Waals surface area contributed by atoms with Gasteiger partial charge in [-0.1, -0.05) is 11.6 Å². The summed E-state index contributed by atoms with van der Waals surface area (Å²) in [6.07, 6.45) is 5.13. The number of hydrogen-bond donors (Lipinski definition) is 2. The highest BCUT2D eigenvalue weighted by molar-refractivity contribution is 6.29. The number of anilines is 2. The maximum atomic E-state index is 12.9. The van der Waals surface area contributed by atoms with Gasteiger partial charge in [-0.25, -0.2) is 14.8 Å². The topological polar surface area (TPSA) is 99.8 Å². The second-order valence-corrected chi connectivity index (χ2v) is 8.26. The third-order valence-electron chi connectivity index (χ3n) is 5.50. The van der Waals surface area contributed by atoms with Crippen LogP contribution in [0.5, 0.6) is 0 Å². The Balaban J connectivity index is 1.78. The van der Waals surface area contributed by atoms with Crippen molar-refractivity contribution < 1.29 is 9.90 Å². The van der Waals surface area contributed by atoms with E-state index in [2.05, 4.69) is 15.2 Å². The van der Waals surface area contributed by atoms with Crippen LogP contribution in [-0.2, 0) is 0 Å². The number of rotatable bonds is 5. The summed E-state index contributed by atoms with van der Waals surface area (Å²) in [4.78, 5) is 35.4. The monoisotopic (exact) mass is 441 g/mol. The molecule has 1 aliphatic rings. The molecule has 0 bridgehead atoms. The van der Waals surface area contributed by atoms with Crippen molar-refractivity contribution in [2.24, 2.45) is 0 Å². The summed E-state index contributed by atoms with van der Waals surface area (Å²) in [5, 5.41) is 12.8. The van der Waals surface area contributed by atoms with E-state index in [-0.39, 0.29) is 22.4 Å². The Kier molecular flexibility index (Phi) is 5.82. The Morgan fingerprint density at radius 3 is 2.65 bits per heavy atom. The van der Waals surface area contributed by atoms with E-state index in [1.165, 1.54) is 12.5 Å².